The van der Waals surface area contributed by atoms with E-state index in [4.69, 9.17) is 0 Å². The Labute approximate surface area is 100 Å². The molecule has 1 aromatic rings. The van der Waals surface area contributed by atoms with Gasteiger partial charge in [-0.05, 0) is 25.5 Å². The van der Waals surface area contributed by atoms with E-state index in [2.05, 4.69) is 10.6 Å². The second-order valence-electron chi connectivity index (χ2n) is 4.35. The van der Waals surface area contributed by atoms with Gasteiger partial charge in [-0.15, -0.1) is 0 Å². The summed E-state index contributed by atoms with van der Waals surface area (Å²) in [6.45, 7) is 1.97. The van der Waals surface area contributed by atoms with Crippen molar-refractivity contribution in [2.45, 2.75) is 19.4 Å². The lowest BCUT2D eigenvalue weighted by atomic mass is 9.99. The number of carbonyl (C=O) groups is 1. The fourth-order valence-corrected chi connectivity index (χ4v) is 2.04. The van der Waals surface area contributed by atoms with Crippen LogP contribution in [0.5, 0.6) is 0 Å². The van der Waals surface area contributed by atoms with Crippen LogP contribution in [0.2, 0.25) is 0 Å². The van der Waals surface area contributed by atoms with E-state index in [0.717, 1.165) is 25.9 Å². The normalized spacial score (nSPS) is 19.9. The molecule has 1 aliphatic heterocycles. The molecule has 0 spiro atoms. The second-order valence-corrected chi connectivity index (χ2v) is 4.35. The zero-order valence-electron chi connectivity index (χ0n) is 9.71. The zero-order chi connectivity index (χ0) is 12.1. The average molecular weight is 236 g/mol. The number of nitrogens with one attached hydrogen (secondary N) is 2. The summed E-state index contributed by atoms with van der Waals surface area (Å²) in [5.74, 6) is -0.231. The molecule has 0 unspecified atom stereocenters. The molecule has 1 atom stereocenters. The first-order valence-electron chi connectivity index (χ1n) is 5.99. The number of amides is 1. The number of halogens is 1. The van der Waals surface area contributed by atoms with Crippen molar-refractivity contribution in [2.75, 3.05) is 13.1 Å². The van der Waals surface area contributed by atoms with E-state index in [1.54, 1.807) is 18.2 Å². The molecule has 2 rings (SSSR count). The number of piperidine rings is 1. The standard InChI is InChI=1S/C13H17FN2O/c14-12-6-2-1-4-10(12)9-16-13(17)11-5-3-7-15-8-11/h1-2,4,6,11,15H,3,5,7-9H2,(H,16,17)/t11-/m1/s1. The number of rotatable bonds is 3. The Hall–Kier alpha value is -1.42. The number of hydrogen-bond donors (Lipinski definition) is 2. The molecule has 1 saturated heterocycles. The Kier molecular flexibility index (Phi) is 4.09. The summed E-state index contributed by atoms with van der Waals surface area (Å²) in [6, 6.07) is 6.51. The van der Waals surface area contributed by atoms with Crippen molar-refractivity contribution < 1.29 is 9.18 Å². The maximum atomic E-state index is 13.3. The third-order valence-corrected chi connectivity index (χ3v) is 3.08. The van der Waals surface area contributed by atoms with Crippen LogP contribution in [0.25, 0.3) is 0 Å². The predicted octanol–water partition coefficient (Wildman–Crippen LogP) is 1.44. The number of carbonyl (C=O) groups excluding carboxylic acids is 1. The van der Waals surface area contributed by atoms with Gasteiger partial charge in [0.25, 0.3) is 0 Å². The van der Waals surface area contributed by atoms with E-state index < -0.39 is 0 Å². The maximum Gasteiger partial charge on any atom is 0.224 e. The zero-order valence-corrected chi connectivity index (χ0v) is 9.71. The maximum absolute atomic E-state index is 13.3. The van der Waals surface area contributed by atoms with Gasteiger partial charge >= 0.3 is 0 Å². The van der Waals surface area contributed by atoms with E-state index in [-0.39, 0.29) is 24.2 Å². The summed E-state index contributed by atoms with van der Waals surface area (Å²) in [5.41, 5.74) is 0.532. The molecule has 0 aliphatic carbocycles. The molecule has 3 nitrogen and oxygen atoms in total. The van der Waals surface area contributed by atoms with Gasteiger partial charge in [-0.1, -0.05) is 18.2 Å². The molecule has 0 aromatic heterocycles. The van der Waals surface area contributed by atoms with Crippen molar-refractivity contribution in [3.63, 3.8) is 0 Å². The molecule has 4 heteroatoms. The van der Waals surface area contributed by atoms with E-state index in [0.29, 0.717) is 5.56 Å². The van der Waals surface area contributed by atoms with Crippen LogP contribution in [0, 0.1) is 11.7 Å². The Morgan fingerprint density at radius 2 is 2.29 bits per heavy atom. The first-order valence-corrected chi connectivity index (χ1v) is 5.99. The third-order valence-electron chi connectivity index (χ3n) is 3.08. The highest BCUT2D eigenvalue weighted by Gasteiger charge is 2.20. The van der Waals surface area contributed by atoms with E-state index in [1.165, 1.54) is 6.07 Å². The fraction of sp³-hybridized carbons (Fsp3) is 0.462. The summed E-state index contributed by atoms with van der Waals surface area (Å²) >= 11 is 0. The second kappa shape index (κ2) is 5.77. The molecule has 1 amide bonds. The van der Waals surface area contributed by atoms with Gasteiger partial charge in [0.2, 0.25) is 5.91 Å². The van der Waals surface area contributed by atoms with Gasteiger partial charge in [0, 0.05) is 18.7 Å². The smallest absolute Gasteiger partial charge is 0.224 e. The largest absolute Gasteiger partial charge is 0.352 e. The quantitative estimate of drug-likeness (QED) is 0.834. The summed E-state index contributed by atoms with van der Waals surface area (Å²) in [5, 5.41) is 5.98. The Bertz CT molecular complexity index is 389. The third kappa shape index (κ3) is 3.27. The SMILES string of the molecule is O=C(NCc1ccccc1F)[C@@H]1CCCNC1. The Balaban J connectivity index is 1.85. The van der Waals surface area contributed by atoms with Gasteiger partial charge in [-0.3, -0.25) is 4.79 Å². The van der Waals surface area contributed by atoms with Crippen LogP contribution >= 0.6 is 0 Å². The van der Waals surface area contributed by atoms with Crippen LogP contribution in [0.15, 0.2) is 24.3 Å². The van der Waals surface area contributed by atoms with Crippen LogP contribution in [0.1, 0.15) is 18.4 Å². The van der Waals surface area contributed by atoms with E-state index in [1.807, 2.05) is 0 Å². The van der Waals surface area contributed by atoms with Crippen LogP contribution in [0.4, 0.5) is 4.39 Å². The Morgan fingerprint density at radius 1 is 1.47 bits per heavy atom. The molecule has 0 bridgehead atoms. The van der Waals surface area contributed by atoms with Crippen molar-refractivity contribution in [1.29, 1.82) is 0 Å². The van der Waals surface area contributed by atoms with Gasteiger partial charge in [0.1, 0.15) is 5.82 Å². The lowest BCUT2D eigenvalue weighted by Crippen LogP contribution is -2.40. The first kappa shape index (κ1) is 12.0. The first-order chi connectivity index (χ1) is 8.27. The molecule has 2 N–H and O–H groups in total. The van der Waals surface area contributed by atoms with E-state index >= 15 is 0 Å². The van der Waals surface area contributed by atoms with E-state index in [9.17, 15) is 9.18 Å². The van der Waals surface area contributed by atoms with Crippen LogP contribution < -0.4 is 10.6 Å². The number of hydrogen-bond acceptors (Lipinski definition) is 2. The van der Waals surface area contributed by atoms with Crippen molar-refractivity contribution in [3.8, 4) is 0 Å². The van der Waals surface area contributed by atoms with Gasteiger partial charge in [0.05, 0.1) is 5.92 Å². The molecule has 92 valence electrons. The van der Waals surface area contributed by atoms with Crippen molar-refractivity contribution in [3.05, 3.63) is 35.6 Å². The summed E-state index contributed by atoms with van der Waals surface area (Å²) in [4.78, 5) is 11.8. The molecule has 1 aromatic carbocycles. The monoisotopic (exact) mass is 236 g/mol. The molecule has 1 fully saturated rings. The van der Waals surface area contributed by atoms with Gasteiger partial charge in [-0.2, -0.15) is 0 Å². The van der Waals surface area contributed by atoms with Gasteiger partial charge in [0.15, 0.2) is 0 Å². The molecule has 17 heavy (non-hydrogen) atoms. The minimum absolute atomic E-state index is 0.0143. The topological polar surface area (TPSA) is 41.1 Å². The molecular formula is C13H17FN2O. The van der Waals surface area contributed by atoms with Gasteiger partial charge in [-0.25, -0.2) is 4.39 Å². The lowest BCUT2D eigenvalue weighted by molar-refractivity contribution is -0.125. The summed E-state index contributed by atoms with van der Waals surface area (Å²) < 4.78 is 13.3. The minimum Gasteiger partial charge on any atom is -0.352 e. The van der Waals surface area contributed by atoms with Crippen LogP contribution in [-0.4, -0.2) is 19.0 Å². The van der Waals surface area contributed by atoms with Gasteiger partial charge < -0.3 is 10.6 Å². The summed E-state index contributed by atoms with van der Waals surface area (Å²) in [7, 11) is 0. The highest BCUT2D eigenvalue weighted by molar-refractivity contribution is 5.78. The molecular weight excluding hydrogens is 219 g/mol. The highest BCUT2D eigenvalue weighted by Crippen LogP contribution is 2.11. The highest BCUT2D eigenvalue weighted by atomic mass is 19.1. The lowest BCUT2D eigenvalue weighted by Gasteiger charge is -2.21. The molecule has 1 aliphatic rings. The molecule has 1 heterocycles. The van der Waals surface area contributed by atoms with Crippen molar-refractivity contribution >= 4 is 5.91 Å². The fourth-order valence-electron chi connectivity index (χ4n) is 2.04. The van der Waals surface area contributed by atoms with Crippen molar-refractivity contribution in [2.24, 2.45) is 5.92 Å². The average Bonchev–Trinajstić information content (AvgIpc) is 2.38. The molecule has 0 saturated carbocycles. The Morgan fingerprint density at radius 3 is 3.00 bits per heavy atom. The predicted molar refractivity (Wildman–Crippen MR) is 63.8 cm³/mol. The van der Waals surface area contributed by atoms with Crippen LogP contribution in [-0.2, 0) is 11.3 Å². The molecule has 0 radical (unpaired) electrons. The number of benzene rings is 1. The van der Waals surface area contributed by atoms with Crippen LogP contribution in [0.3, 0.4) is 0 Å². The summed E-state index contributed by atoms with van der Waals surface area (Å²) in [6.07, 6.45) is 1.94. The minimum atomic E-state index is -0.269. The van der Waals surface area contributed by atoms with Crippen molar-refractivity contribution in [1.82, 2.24) is 10.6 Å².